The number of hydrogen-bond donors (Lipinski definition) is 0. The molecule has 0 N–H and O–H groups in total. The number of fused-ring (bicyclic) bond motifs is 1. The lowest BCUT2D eigenvalue weighted by molar-refractivity contribution is 0.341. The first-order chi connectivity index (χ1) is 10.9. The van der Waals surface area contributed by atoms with Crippen LogP contribution < -0.4 is 0 Å². The lowest BCUT2D eigenvalue weighted by Crippen LogP contribution is -2.33. The number of aromatic nitrogens is 2. The van der Waals surface area contributed by atoms with Crippen LogP contribution in [0.15, 0.2) is 23.2 Å². The second kappa shape index (κ2) is 6.00. The van der Waals surface area contributed by atoms with E-state index < -0.39 is 10.0 Å². The van der Waals surface area contributed by atoms with E-state index in [2.05, 4.69) is 9.97 Å². The van der Waals surface area contributed by atoms with Crippen molar-refractivity contribution < 1.29 is 8.42 Å². The summed E-state index contributed by atoms with van der Waals surface area (Å²) >= 11 is 1.55. The van der Waals surface area contributed by atoms with Crippen LogP contribution in [0.4, 0.5) is 0 Å². The number of hydrogen-bond acceptors (Lipinski definition) is 6. The molecule has 2 aromatic heterocycles. The summed E-state index contributed by atoms with van der Waals surface area (Å²) in [6.45, 7) is 1.93. The highest BCUT2D eigenvalue weighted by molar-refractivity contribution is 7.89. The molecule has 0 amide bonds. The Balaban J connectivity index is 2.03. The van der Waals surface area contributed by atoms with Crippen LogP contribution in [-0.4, -0.2) is 29.7 Å². The molecule has 0 bridgehead atoms. The van der Waals surface area contributed by atoms with Gasteiger partial charge in [-0.2, -0.15) is 9.57 Å². The Morgan fingerprint density at radius 3 is 3.00 bits per heavy atom. The van der Waals surface area contributed by atoms with Gasteiger partial charge in [0.1, 0.15) is 11.0 Å². The number of nitrogens with zero attached hydrogens (tertiary/aromatic N) is 4. The predicted octanol–water partition coefficient (Wildman–Crippen LogP) is 2.42. The van der Waals surface area contributed by atoms with Gasteiger partial charge in [0.2, 0.25) is 10.0 Å². The summed E-state index contributed by atoms with van der Waals surface area (Å²) in [5.74, 6) is 0. The van der Waals surface area contributed by atoms with E-state index in [1.54, 1.807) is 18.4 Å². The molecule has 0 aliphatic heterocycles. The van der Waals surface area contributed by atoms with Crippen LogP contribution in [0.25, 0.3) is 0 Å². The molecule has 0 saturated carbocycles. The van der Waals surface area contributed by atoms with Gasteiger partial charge in [0.25, 0.3) is 0 Å². The fraction of sp³-hybridized carbons (Fsp3) is 0.400. The number of nitriles is 1. The molecule has 0 aromatic carbocycles. The third-order valence-corrected chi connectivity index (χ3v) is 7.01. The molecule has 1 atom stereocenters. The van der Waals surface area contributed by atoms with E-state index in [-0.39, 0.29) is 16.6 Å². The van der Waals surface area contributed by atoms with Crippen LogP contribution in [0.3, 0.4) is 0 Å². The molecule has 2 aromatic rings. The van der Waals surface area contributed by atoms with Gasteiger partial charge < -0.3 is 0 Å². The highest BCUT2D eigenvalue weighted by Gasteiger charge is 2.35. The maximum atomic E-state index is 12.9. The number of aryl methyl sites for hydroxylation is 2. The van der Waals surface area contributed by atoms with E-state index in [0.717, 1.165) is 34.8 Å². The summed E-state index contributed by atoms with van der Waals surface area (Å²) in [6, 6.07) is 4.58. The Morgan fingerprint density at radius 1 is 1.48 bits per heavy atom. The van der Waals surface area contributed by atoms with Crippen LogP contribution in [0.2, 0.25) is 0 Å². The van der Waals surface area contributed by atoms with Gasteiger partial charge in [-0.3, -0.25) is 0 Å². The molecular weight excluding hydrogens is 332 g/mol. The third-order valence-electron chi connectivity index (χ3n) is 4.00. The van der Waals surface area contributed by atoms with Crippen LogP contribution >= 0.6 is 11.3 Å². The SMILES string of the molecule is Cc1nc2c(s1)[C@@H](N(C)S(=O)(=O)c1cccnc1C#N)CCC2. The average molecular weight is 348 g/mol. The monoisotopic (exact) mass is 348 g/mol. The van der Waals surface area contributed by atoms with Gasteiger partial charge in [-0.25, -0.2) is 18.4 Å². The molecule has 2 heterocycles. The van der Waals surface area contributed by atoms with Crippen molar-refractivity contribution in [1.29, 1.82) is 5.26 Å². The number of rotatable bonds is 3. The lowest BCUT2D eigenvalue weighted by atomic mass is 9.98. The maximum absolute atomic E-state index is 12.9. The molecule has 6 nitrogen and oxygen atoms in total. The Labute approximate surface area is 139 Å². The fourth-order valence-corrected chi connectivity index (χ4v) is 5.54. The standard InChI is InChI=1S/C15H16N4O2S2/c1-10-18-11-5-3-6-13(15(11)22-10)19(2)23(20,21)14-7-4-8-17-12(14)9-16/h4,7-8,13H,3,5-6H2,1-2H3/t13-/m0/s1. The Kier molecular flexibility index (Phi) is 4.19. The summed E-state index contributed by atoms with van der Waals surface area (Å²) in [5, 5.41) is 10.1. The molecule has 0 saturated heterocycles. The maximum Gasteiger partial charge on any atom is 0.246 e. The molecule has 1 aliphatic carbocycles. The minimum absolute atomic E-state index is 0.0432. The van der Waals surface area contributed by atoms with E-state index in [9.17, 15) is 8.42 Å². The van der Waals surface area contributed by atoms with Gasteiger partial charge in [0.15, 0.2) is 5.69 Å². The van der Waals surface area contributed by atoms with Crippen molar-refractivity contribution >= 4 is 21.4 Å². The molecular formula is C15H16N4O2S2. The highest BCUT2D eigenvalue weighted by atomic mass is 32.2. The smallest absolute Gasteiger partial charge is 0.246 e. The molecule has 3 rings (SSSR count). The number of thiazole rings is 1. The molecule has 23 heavy (non-hydrogen) atoms. The van der Waals surface area contributed by atoms with Gasteiger partial charge in [-0.1, -0.05) is 0 Å². The first kappa shape index (κ1) is 16.1. The minimum Gasteiger partial charge on any atom is -0.246 e. The summed E-state index contributed by atoms with van der Waals surface area (Å²) in [5.41, 5.74) is 0.924. The van der Waals surface area contributed by atoms with Crippen LogP contribution in [0.1, 0.15) is 40.2 Å². The van der Waals surface area contributed by atoms with Crippen molar-refractivity contribution in [3.63, 3.8) is 0 Å². The van der Waals surface area contributed by atoms with Crippen molar-refractivity contribution in [2.75, 3.05) is 7.05 Å². The summed E-state index contributed by atoms with van der Waals surface area (Å²) in [6.07, 6.45) is 3.97. The second-order valence-electron chi connectivity index (χ2n) is 5.44. The van der Waals surface area contributed by atoms with E-state index >= 15 is 0 Å². The predicted molar refractivity (Wildman–Crippen MR) is 86.4 cm³/mol. The molecule has 1 aliphatic rings. The van der Waals surface area contributed by atoms with Gasteiger partial charge in [0.05, 0.1) is 16.7 Å². The molecule has 120 valence electrons. The lowest BCUT2D eigenvalue weighted by Gasteiger charge is -2.30. The quantitative estimate of drug-likeness (QED) is 0.850. The zero-order valence-corrected chi connectivity index (χ0v) is 14.5. The van der Waals surface area contributed by atoms with Crippen molar-refractivity contribution in [3.8, 4) is 6.07 Å². The summed E-state index contributed by atoms with van der Waals surface area (Å²) in [7, 11) is -2.22. The normalized spacial score (nSPS) is 17.7. The Morgan fingerprint density at radius 2 is 2.26 bits per heavy atom. The van der Waals surface area contributed by atoms with Crippen LogP contribution in [0.5, 0.6) is 0 Å². The highest BCUT2D eigenvalue weighted by Crippen LogP contribution is 2.39. The molecule has 0 spiro atoms. The first-order valence-electron chi connectivity index (χ1n) is 7.24. The minimum atomic E-state index is -3.79. The third kappa shape index (κ3) is 2.76. The Hall–Kier alpha value is -1.82. The number of sulfonamides is 1. The van der Waals surface area contributed by atoms with E-state index in [0.29, 0.717) is 0 Å². The van der Waals surface area contributed by atoms with Crippen molar-refractivity contribution in [2.45, 2.75) is 37.1 Å². The average Bonchev–Trinajstić information content (AvgIpc) is 2.94. The number of pyridine rings is 1. The van der Waals surface area contributed by atoms with Crippen LogP contribution in [-0.2, 0) is 16.4 Å². The van der Waals surface area contributed by atoms with E-state index in [1.807, 2.05) is 13.0 Å². The summed E-state index contributed by atoms with van der Waals surface area (Å²) < 4.78 is 27.3. The van der Waals surface area contributed by atoms with Crippen LogP contribution in [0, 0.1) is 18.3 Å². The van der Waals surface area contributed by atoms with Crippen molar-refractivity contribution in [2.24, 2.45) is 0 Å². The topological polar surface area (TPSA) is 87.0 Å². The van der Waals surface area contributed by atoms with Gasteiger partial charge in [-0.05, 0) is 38.3 Å². The van der Waals surface area contributed by atoms with Crippen molar-refractivity contribution in [3.05, 3.63) is 39.6 Å². The zero-order chi connectivity index (χ0) is 16.6. The van der Waals surface area contributed by atoms with Gasteiger partial charge >= 0.3 is 0 Å². The van der Waals surface area contributed by atoms with E-state index in [4.69, 9.17) is 5.26 Å². The Bertz CT molecular complexity index is 883. The zero-order valence-electron chi connectivity index (χ0n) is 12.9. The molecule has 0 unspecified atom stereocenters. The molecule has 8 heteroatoms. The second-order valence-corrected chi connectivity index (χ2v) is 8.64. The van der Waals surface area contributed by atoms with Crippen molar-refractivity contribution in [1.82, 2.24) is 14.3 Å². The summed E-state index contributed by atoms with van der Waals surface area (Å²) in [4.78, 5) is 9.34. The molecule has 0 radical (unpaired) electrons. The van der Waals surface area contributed by atoms with E-state index in [1.165, 1.54) is 22.6 Å². The fourth-order valence-electron chi connectivity index (χ4n) is 2.87. The largest absolute Gasteiger partial charge is 0.246 e. The van der Waals surface area contributed by atoms with Gasteiger partial charge in [-0.15, -0.1) is 11.3 Å². The first-order valence-corrected chi connectivity index (χ1v) is 9.50. The van der Waals surface area contributed by atoms with Gasteiger partial charge in [0, 0.05) is 18.1 Å². The molecule has 0 fully saturated rings.